The molecule has 3 aliphatic heterocycles. The van der Waals surface area contributed by atoms with E-state index in [9.17, 15) is 18.8 Å². The summed E-state index contributed by atoms with van der Waals surface area (Å²) in [5, 5.41) is 4.39. The van der Waals surface area contributed by atoms with Gasteiger partial charge in [-0.1, -0.05) is 0 Å². The van der Waals surface area contributed by atoms with E-state index in [2.05, 4.69) is 10.6 Å². The summed E-state index contributed by atoms with van der Waals surface area (Å²) in [6.07, 6.45) is -0.531. The summed E-state index contributed by atoms with van der Waals surface area (Å²) < 4.78 is 19.7. The third-order valence-electron chi connectivity index (χ3n) is 5.27. The van der Waals surface area contributed by atoms with Crippen LogP contribution in [-0.2, 0) is 20.7 Å². The first-order valence-corrected chi connectivity index (χ1v) is 8.20. The zero-order valence-electron chi connectivity index (χ0n) is 13.8. The Balaban J connectivity index is 1.92. The molecule has 7 nitrogen and oxygen atoms in total. The van der Waals surface area contributed by atoms with Crippen LogP contribution in [0.5, 0.6) is 0 Å². The van der Waals surface area contributed by atoms with Gasteiger partial charge in [0.15, 0.2) is 5.41 Å². The molecule has 1 aromatic carbocycles. The van der Waals surface area contributed by atoms with E-state index in [1.165, 1.54) is 12.1 Å². The number of fused-ring (bicyclic) bond motifs is 4. The van der Waals surface area contributed by atoms with Crippen molar-refractivity contribution >= 4 is 23.5 Å². The van der Waals surface area contributed by atoms with Gasteiger partial charge in [0, 0.05) is 18.7 Å². The Kier molecular flexibility index (Phi) is 3.37. The summed E-state index contributed by atoms with van der Waals surface area (Å²) in [4.78, 5) is 39.1. The fraction of sp³-hybridized carbons (Fsp3) is 0.471. The first kappa shape index (κ1) is 16.0. The number of benzene rings is 1. The highest BCUT2D eigenvalue weighted by molar-refractivity contribution is 6.20. The van der Waals surface area contributed by atoms with Crippen LogP contribution in [0.15, 0.2) is 18.2 Å². The van der Waals surface area contributed by atoms with Crippen molar-refractivity contribution in [3.63, 3.8) is 0 Å². The number of barbiturate groups is 1. The predicted molar refractivity (Wildman–Crippen MR) is 85.4 cm³/mol. The number of nitrogens with zero attached hydrogens (tertiary/aromatic N) is 1. The molecule has 3 heterocycles. The van der Waals surface area contributed by atoms with Crippen molar-refractivity contribution in [2.75, 3.05) is 11.4 Å². The smallest absolute Gasteiger partial charge is 0.328 e. The molecular weight excluding hydrogens is 329 g/mol. The van der Waals surface area contributed by atoms with Crippen LogP contribution < -0.4 is 15.5 Å². The maximum absolute atomic E-state index is 13.8. The molecule has 0 radical (unpaired) electrons. The van der Waals surface area contributed by atoms with Crippen LogP contribution in [0.2, 0.25) is 0 Å². The first-order chi connectivity index (χ1) is 11.8. The van der Waals surface area contributed by atoms with Crippen molar-refractivity contribution in [3.05, 3.63) is 29.6 Å². The lowest BCUT2D eigenvalue weighted by molar-refractivity contribution is -0.153. The monoisotopic (exact) mass is 347 g/mol. The molecule has 3 aliphatic rings. The number of halogens is 1. The van der Waals surface area contributed by atoms with E-state index in [1.807, 2.05) is 11.8 Å². The van der Waals surface area contributed by atoms with E-state index in [0.717, 1.165) is 5.69 Å². The number of imide groups is 2. The molecule has 2 N–H and O–H groups in total. The van der Waals surface area contributed by atoms with Gasteiger partial charge in [0.2, 0.25) is 11.8 Å². The minimum Gasteiger partial charge on any atom is -0.372 e. The Labute approximate surface area is 143 Å². The van der Waals surface area contributed by atoms with E-state index >= 15 is 0 Å². The molecule has 8 heteroatoms. The molecule has 2 fully saturated rings. The van der Waals surface area contributed by atoms with Crippen molar-refractivity contribution in [2.45, 2.75) is 38.5 Å². The summed E-state index contributed by atoms with van der Waals surface area (Å²) in [5.74, 6) is -1.78. The van der Waals surface area contributed by atoms with Crippen LogP contribution in [0.25, 0.3) is 0 Å². The zero-order chi connectivity index (χ0) is 17.9. The SMILES string of the molecule is CC1CN2c3ccc(F)cc3CC3(C(=O)NC(=O)NC3=O)[C@H]2C(C)O1. The quantitative estimate of drug-likeness (QED) is 0.675. The van der Waals surface area contributed by atoms with Gasteiger partial charge < -0.3 is 9.64 Å². The highest BCUT2D eigenvalue weighted by Gasteiger charge is 2.62. The number of hydrogen-bond donors (Lipinski definition) is 2. The molecule has 0 aliphatic carbocycles. The van der Waals surface area contributed by atoms with E-state index in [-0.39, 0.29) is 12.5 Å². The Hall–Kier alpha value is -2.48. The molecular formula is C17H18FN3O4. The van der Waals surface area contributed by atoms with Gasteiger partial charge in [-0.15, -0.1) is 0 Å². The van der Waals surface area contributed by atoms with E-state index in [1.54, 1.807) is 13.0 Å². The van der Waals surface area contributed by atoms with Crippen molar-refractivity contribution in [3.8, 4) is 0 Å². The minimum atomic E-state index is -1.55. The third kappa shape index (κ3) is 2.17. The van der Waals surface area contributed by atoms with Crippen LogP contribution in [0, 0.1) is 11.2 Å². The molecule has 132 valence electrons. The number of urea groups is 1. The second kappa shape index (κ2) is 5.26. The summed E-state index contributed by atoms with van der Waals surface area (Å²) >= 11 is 0. The largest absolute Gasteiger partial charge is 0.372 e. The standard InChI is InChI=1S/C17H18FN3O4/c1-8-7-21-12-4-3-11(18)5-10(12)6-17(13(21)9(2)25-8)14(22)19-16(24)20-15(17)23/h3-5,8-9,13H,6-7H2,1-2H3,(H2,19,20,22,23,24)/t8?,9?,13-/m1/s1. The van der Waals surface area contributed by atoms with Gasteiger partial charge >= 0.3 is 6.03 Å². The van der Waals surface area contributed by atoms with Crippen LogP contribution >= 0.6 is 0 Å². The molecule has 4 amide bonds. The highest BCUT2D eigenvalue weighted by Crippen LogP contribution is 2.46. The van der Waals surface area contributed by atoms with Crippen LogP contribution in [0.4, 0.5) is 14.9 Å². The van der Waals surface area contributed by atoms with Crippen LogP contribution in [0.3, 0.4) is 0 Å². The topological polar surface area (TPSA) is 87.7 Å². The number of nitrogens with one attached hydrogen (secondary N) is 2. The minimum absolute atomic E-state index is 0.00822. The third-order valence-corrected chi connectivity index (χ3v) is 5.27. The van der Waals surface area contributed by atoms with Crippen LogP contribution in [-0.4, -0.2) is 42.6 Å². The Morgan fingerprint density at radius 3 is 2.56 bits per heavy atom. The van der Waals surface area contributed by atoms with Crippen molar-refractivity contribution in [1.82, 2.24) is 10.6 Å². The van der Waals surface area contributed by atoms with E-state index < -0.39 is 41.2 Å². The van der Waals surface area contributed by atoms with Crippen molar-refractivity contribution in [2.24, 2.45) is 5.41 Å². The normalized spacial score (nSPS) is 30.4. The van der Waals surface area contributed by atoms with Crippen molar-refractivity contribution < 1.29 is 23.5 Å². The van der Waals surface area contributed by atoms with Gasteiger partial charge in [0.1, 0.15) is 5.82 Å². The average molecular weight is 347 g/mol. The number of morpholine rings is 1. The summed E-state index contributed by atoms with van der Waals surface area (Å²) in [6.45, 7) is 4.17. The fourth-order valence-corrected chi connectivity index (χ4v) is 4.42. The van der Waals surface area contributed by atoms with Gasteiger partial charge in [-0.05, 0) is 37.6 Å². The number of carbonyl (C=O) groups excluding carboxylic acids is 3. The van der Waals surface area contributed by atoms with E-state index in [4.69, 9.17) is 4.74 Å². The number of carbonyl (C=O) groups is 3. The molecule has 1 spiro atoms. The number of anilines is 1. The second-order valence-electron chi connectivity index (χ2n) is 6.91. The highest BCUT2D eigenvalue weighted by atomic mass is 19.1. The molecule has 2 saturated heterocycles. The van der Waals surface area contributed by atoms with Crippen LogP contribution in [0.1, 0.15) is 19.4 Å². The Morgan fingerprint density at radius 1 is 1.20 bits per heavy atom. The molecule has 25 heavy (non-hydrogen) atoms. The van der Waals surface area contributed by atoms with Gasteiger partial charge in [0.05, 0.1) is 18.2 Å². The van der Waals surface area contributed by atoms with Gasteiger partial charge in [-0.3, -0.25) is 20.2 Å². The average Bonchev–Trinajstić information content (AvgIpc) is 2.51. The molecule has 1 aromatic rings. The maximum Gasteiger partial charge on any atom is 0.328 e. The number of rotatable bonds is 0. The second-order valence-corrected chi connectivity index (χ2v) is 6.91. The molecule has 3 atom stereocenters. The molecule has 4 rings (SSSR count). The van der Waals surface area contributed by atoms with Gasteiger partial charge in [0.25, 0.3) is 0 Å². The molecule has 0 saturated carbocycles. The lowest BCUT2D eigenvalue weighted by Gasteiger charge is -2.55. The molecule has 2 unspecified atom stereocenters. The predicted octanol–water partition coefficient (Wildman–Crippen LogP) is 0.716. The lowest BCUT2D eigenvalue weighted by Crippen LogP contribution is -2.75. The van der Waals surface area contributed by atoms with Gasteiger partial charge in [-0.2, -0.15) is 0 Å². The Bertz CT molecular complexity index is 776. The molecule has 0 bridgehead atoms. The summed E-state index contributed by atoms with van der Waals surface area (Å²) in [5.41, 5.74) is -0.192. The Morgan fingerprint density at radius 2 is 1.88 bits per heavy atom. The zero-order valence-corrected chi connectivity index (χ0v) is 13.8. The molecule has 0 aromatic heterocycles. The maximum atomic E-state index is 13.8. The van der Waals surface area contributed by atoms with Gasteiger partial charge in [-0.25, -0.2) is 9.18 Å². The van der Waals surface area contributed by atoms with Crippen molar-refractivity contribution in [1.29, 1.82) is 0 Å². The number of ether oxygens (including phenoxy) is 1. The summed E-state index contributed by atoms with van der Waals surface area (Å²) in [6, 6.07) is 2.95. The summed E-state index contributed by atoms with van der Waals surface area (Å²) in [7, 11) is 0. The first-order valence-electron chi connectivity index (χ1n) is 8.20. The number of amides is 4. The fourth-order valence-electron chi connectivity index (χ4n) is 4.42. The lowest BCUT2D eigenvalue weighted by atomic mass is 9.66. The number of hydrogen-bond acceptors (Lipinski definition) is 5. The van der Waals surface area contributed by atoms with E-state index in [0.29, 0.717) is 12.1 Å².